The Bertz CT molecular complexity index is 703. The number of aryl methyl sites for hydroxylation is 1. The van der Waals surface area contributed by atoms with Crippen LogP contribution in [0.3, 0.4) is 0 Å². The van der Waals surface area contributed by atoms with E-state index in [1.165, 1.54) is 6.07 Å². The predicted octanol–water partition coefficient (Wildman–Crippen LogP) is 1.70. The van der Waals surface area contributed by atoms with Gasteiger partial charge in [0.05, 0.1) is 11.8 Å². The fourth-order valence-electron chi connectivity index (χ4n) is 3.17. The summed E-state index contributed by atoms with van der Waals surface area (Å²) in [6.07, 6.45) is 4.91. The van der Waals surface area contributed by atoms with E-state index in [9.17, 15) is 18.8 Å². The van der Waals surface area contributed by atoms with E-state index in [1.54, 1.807) is 19.1 Å². The van der Waals surface area contributed by atoms with Crippen molar-refractivity contribution < 1.29 is 18.8 Å². The lowest BCUT2D eigenvalue weighted by Crippen LogP contribution is -2.40. The number of likely N-dealkylation sites (tertiary alicyclic amines) is 1. The molecule has 0 radical (unpaired) electrons. The average Bonchev–Trinajstić information content (AvgIpc) is 2.81. The fraction of sp³-hybridized carbons (Fsp3) is 0.389. The number of allylic oxidation sites excluding steroid dienone is 2. The number of benzene rings is 1. The van der Waals surface area contributed by atoms with E-state index in [0.29, 0.717) is 24.0 Å². The highest BCUT2D eigenvalue weighted by atomic mass is 19.1. The Kier molecular flexibility index (Phi) is 4.46. The van der Waals surface area contributed by atoms with Crippen LogP contribution in [0.15, 0.2) is 30.4 Å². The molecule has 126 valence electrons. The topological polar surface area (TPSA) is 66.5 Å². The van der Waals surface area contributed by atoms with Crippen LogP contribution in [0.5, 0.6) is 0 Å². The molecule has 1 N–H and O–H groups in total. The van der Waals surface area contributed by atoms with Crippen LogP contribution in [0, 0.1) is 24.6 Å². The summed E-state index contributed by atoms with van der Waals surface area (Å²) >= 11 is 0. The van der Waals surface area contributed by atoms with Gasteiger partial charge in [0.1, 0.15) is 12.4 Å². The van der Waals surface area contributed by atoms with E-state index < -0.39 is 5.91 Å². The van der Waals surface area contributed by atoms with Crippen LogP contribution in [0.4, 0.5) is 4.39 Å². The Balaban J connectivity index is 1.58. The number of rotatable bonds is 4. The molecule has 3 amide bonds. The molecule has 3 rings (SSSR count). The van der Waals surface area contributed by atoms with Gasteiger partial charge in [-0.05, 0) is 37.0 Å². The molecule has 1 aliphatic heterocycles. The minimum Gasteiger partial charge on any atom is -0.350 e. The Hall–Kier alpha value is -2.50. The van der Waals surface area contributed by atoms with Crippen LogP contribution in [-0.2, 0) is 20.9 Å². The molecule has 6 heteroatoms. The van der Waals surface area contributed by atoms with Gasteiger partial charge in [-0.2, -0.15) is 0 Å². The highest BCUT2D eigenvalue weighted by molar-refractivity contribution is 6.07. The summed E-state index contributed by atoms with van der Waals surface area (Å²) in [6, 6.07) is 4.73. The third-order valence-corrected chi connectivity index (χ3v) is 4.63. The first-order valence-corrected chi connectivity index (χ1v) is 7.99. The minimum absolute atomic E-state index is 0.153. The van der Waals surface area contributed by atoms with Crippen molar-refractivity contribution in [2.24, 2.45) is 11.8 Å². The van der Waals surface area contributed by atoms with Crippen molar-refractivity contribution in [2.75, 3.05) is 6.54 Å². The number of nitrogens with zero attached hydrogens (tertiary/aromatic N) is 1. The normalized spacial score (nSPS) is 22.7. The van der Waals surface area contributed by atoms with Crippen molar-refractivity contribution in [1.29, 1.82) is 0 Å². The maximum absolute atomic E-state index is 13.5. The van der Waals surface area contributed by atoms with Crippen LogP contribution in [0.1, 0.15) is 24.0 Å². The second-order valence-electron chi connectivity index (χ2n) is 6.28. The lowest BCUT2D eigenvalue weighted by molar-refractivity contribution is -0.143. The van der Waals surface area contributed by atoms with Crippen molar-refractivity contribution in [3.05, 3.63) is 47.3 Å². The maximum Gasteiger partial charge on any atom is 0.240 e. The van der Waals surface area contributed by atoms with E-state index >= 15 is 0 Å². The van der Waals surface area contributed by atoms with E-state index in [0.717, 1.165) is 4.90 Å². The second kappa shape index (κ2) is 6.55. The summed E-state index contributed by atoms with van der Waals surface area (Å²) in [5.74, 6) is -1.97. The number of carbonyl (C=O) groups is 3. The standard InChI is InChI=1S/C18H19FN2O3/c1-11-6-7-12(8-15(11)19)9-20-16(22)10-21-17(23)13-4-2-3-5-14(13)18(21)24/h2-3,6-8,13-14H,4-5,9-10H2,1H3,(H,20,22)/t13-,14+. The summed E-state index contributed by atoms with van der Waals surface area (Å²) in [5, 5.41) is 2.63. The lowest BCUT2D eigenvalue weighted by Gasteiger charge is -2.14. The zero-order valence-electron chi connectivity index (χ0n) is 13.4. The number of nitrogens with one attached hydrogen (secondary N) is 1. The first-order chi connectivity index (χ1) is 11.5. The first kappa shape index (κ1) is 16.4. The monoisotopic (exact) mass is 330 g/mol. The molecule has 24 heavy (non-hydrogen) atoms. The van der Waals surface area contributed by atoms with Crippen LogP contribution in [0.2, 0.25) is 0 Å². The van der Waals surface area contributed by atoms with Crippen molar-refractivity contribution in [2.45, 2.75) is 26.3 Å². The fourth-order valence-corrected chi connectivity index (χ4v) is 3.17. The van der Waals surface area contributed by atoms with Gasteiger partial charge in [-0.3, -0.25) is 19.3 Å². The third-order valence-electron chi connectivity index (χ3n) is 4.63. The van der Waals surface area contributed by atoms with Crippen molar-refractivity contribution in [1.82, 2.24) is 10.2 Å². The van der Waals surface area contributed by atoms with Crippen LogP contribution in [-0.4, -0.2) is 29.2 Å². The largest absolute Gasteiger partial charge is 0.350 e. The molecule has 2 aliphatic rings. The molecule has 0 unspecified atom stereocenters. The number of amides is 3. The lowest BCUT2D eigenvalue weighted by atomic mass is 9.85. The zero-order valence-corrected chi connectivity index (χ0v) is 13.4. The summed E-state index contributed by atoms with van der Waals surface area (Å²) in [5.41, 5.74) is 1.16. The van der Waals surface area contributed by atoms with Gasteiger partial charge in [-0.15, -0.1) is 0 Å². The maximum atomic E-state index is 13.5. The summed E-state index contributed by atoms with van der Waals surface area (Å²) in [6.45, 7) is 1.54. The molecule has 1 aliphatic carbocycles. The quantitative estimate of drug-likeness (QED) is 0.675. The molecular formula is C18H19FN2O3. The van der Waals surface area contributed by atoms with Gasteiger partial charge in [-0.25, -0.2) is 4.39 Å². The second-order valence-corrected chi connectivity index (χ2v) is 6.28. The highest BCUT2D eigenvalue weighted by Crippen LogP contribution is 2.34. The van der Waals surface area contributed by atoms with Gasteiger partial charge in [0.2, 0.25) is 17.7 Å². The van der Waals surface area contributed by atoms with Crippen molar-refractivity contribution >= 4 is 17.7 Å². The molecule has 1 aromatic carbocycles. The summed E-state index contributed by atoms with van der Waals surface area (Å²) in [7, 11) is 0. The molecule has 5 nitrogen and oxygen atoms in total. The number of hydrogen-bond donors (Lipinski definition) is 1. The molecule has 0 aromatic heterocycles. The molecule has 1 aromatic rings. The number of carbonyl (C=O) groups excluding carboxylic acids is 3. The molecule has 1 fully saturated rings. The first-order valence-electron chi connectivity index (χ1n) is 7.99. The van der Waals surface area contributed by atoms with E-state index in [-0.39, 0.29) is 42.6 Å². The highest BCUT2D eigenvalue weighted by Gasteiger charge is 2.47. The van der Waals surface area contributed by atoms with E-state index in [4.69, 9.17) is 0 Å². The SMILES string of the molecule is Cc1ccc(CNC(=O)CN2C(=O)[C@H]3CC=CC[C@H]3C2=O)cc1F. The van der Waals surface area contributed by atoms with Gasteiger partial charge < -0.3 is 5.32 Å². The summed E-state index contributed by atoms with van der Waals surface area (Å²) < 4.78 is 13.5. The number of halogens is 1. The van der Waals surface area contributed by atoms with Crippen molar-refractivity contribution in [3.63, 3.8) is 0 Å². The third kappa shape index (κ3) is 3.09. The molecule has 0 spiro atoms. The number of hydrogen-bond acceptors (Lipinski definition) is 3. The van der Waals surface area contributed by atoms with Crippen LogP contribution >= 0.6 is 0 Å². The van der Waals surface area contributed by atoms with E-state index in [1.807, 2.05) is 12.2 Å². The van der Waals surface area contributed by atoms with Gasteiger partial charge in [-0.1, -0.05) is 24.3 Å². The van der Waals surface area contributed by atoms with Gasteiger partial charge in [0.25, 0.3) is 0 Å². The van der Waals surface area contributed by atoms with Gasteiger partial charge in [0, 0.05) is 6.54 Å². The Morgan fingerprint density at radius 3 is 2.42 bits per heavy atom. The Morgan fingerprint density at radius 2 is 1.83 bits per heavy atom. The molecule has 0 saturated carbocycles. The van der Waals surface area contributed by atoms with Gasteiger partial charge in [0.15, 0.2) is 0 Å². The molecular weight excluding hydrogens is 311 g/mol. The molecule has 1 saturated heterocycles. The van der Waals surface area contributed by atoms with Crippen LogP contribution in [0.25, 0.3) is 0 Å². The number of imide groups is 1. The minimum atomic E-state index is -0.427. The zero-order chi connectivity index (χ0) is 17.3. The van der Waals surface area contributed by atoms with Crippen LogP contribution < -0.4 is 5.32 Å². The van der Waals surface area contributed by atoms with E-state index in [2.05, 4.69) is 5.32 Å². The number of fused-ring (bicyclic) bond motifs is 1. The van der Waals surface area contributed by atoms with Crippen molar-refractivity contribution in [3.8, 4) is 0 Å². The molecule has 2 atom stereocenters. The van der Waals surface area contributed by atoms with Gasteiger partial charge >= 0.3 is 0 Å². The molecule has 1 heterocycles. The Labute approximate surface area is 139 Å². The molecule has 0 bridgehead atoms. The Morgan fingerprint density at radius 1 is 1.21 bits per heavy atom. The smallest absolute Gasteiger partial charge is 0.240 e. The summed E-state index contributed by atoms with van der Waals surface area (Å²) in [4.78, 5) is 37.7. The average molecular weight is 330 g/mol. The predicted molar refractivity (Wildman–Crippen MR) is 85.1 cm³/mol.